The van der Waals surface area contributed by atoms with Crippen LogP contribution in [-0.4, -0.2) is 25.7 Å². The Kier molecular flexibility index (Phi) is 6.11. The van der Waals surface area contributed by atoms with Crippen molar-refractivity contribution in [1.82, 2.24) is 0 Å². The van der Waals surface area contributed by atoms with Crippen LogP contribution in [0.4, 0.5) is 11.4 Å². The van der Waals surface area contributed by atoms with Crippen molar-refractivity contribution in [3.8, 4) is 0 Å². The Morgan fingerprint density at radius 3 is 2.29 bits per heavy atom. The normalized spacial score (nSPS) is 12.0. The molecule has 5 nitrogen and oxygen atoms in total. The molecule has 2 aromatic rings. The summed E-state index contributed by atoms with van der Waals surface area (Å²) in [5, 5.41) is 8.86. The van der Waals surface area contributed by atoms with Gasteiger partial charge in [0.15, 0.2) is 0 Å². The lowest BCUT2D eigenvalue weighted by Gasteiger charge is -2.28. The van der Waals surface area contributed by atoms with Gasteiger partial charge in [0.1, 0.15) is 5.56 Å². The lowest BCUT2D eigenvalue weighted by molar-refractivity contribution is 0.0697. The lowest BCUT2D eigenvalue weighted by atomic mass is 10.1. The first kappa shape index (κ1) is 19.0. The molecule has 1 N–H and O–H groups in total. The molecule has 128 valence electrons. The van der Waals surface area contributed by atoms with Gasteiger partial charge in [-0.1, -0.05) is 52.5 Å². The summed E-state index contributed by atoms with van der Waals surface area (Å²) < 4.78 is 22.5. The van der Waals surface area contributed by atoms with E-state index in [0.29, 0.717) is 5.69 Å². The molecular weight excluding hydrogens is 397 g/mol. The number of aryl methyl sites for hydroxylation is 1. The largest absolute Gasteiger partial charge is 0.771 e. The van der Waals surface area contributed by atoms with E-state index >= 15 is 0 Å². The van der Waals surface area contributed by atoms with Gasteiger partial charge in [-0.15, -0.1) is 0 Å². The van der Waals surface area contributed by atoms with Crippen LogP contribution in [0.1, 0.15) is 15.9 Å². The number of nitrogens with zero attached hydrogens (tertiary/aromatic N) is 1. The molecular formula is C15H11Cl3NO4S-. The predicted molar refractivity (Wildman–Crippen MR) is 95.5 cm³/mol. The second-order valence-corrected chi connectivity index (χ2v) is 6.91. The minimum Gasteiger partial charge on any atom is -0.771 e. The minimum absolute atomic E-state index is 0.0396. The molecule has 0 saturated carbocycles. The smallest absolute Gasteiger partial charge is 0.338 e. The first-order valence-corrected chi connectivity index (χ1v) is 8.91. The van der Waals surface area contributed by atoms with E-state index in [4.69, 9.17) is 34.8 Å². The van der Waals surface area contributed by atoms with Gasteiger partial charge in [0.25, 0.3) is 0 Å². The Balaban J connectivity index is 2.68. The van der Waals surface area contributed by atoms with Crippen molar-refractivity contribution in [2.45, 2.75) is 6.92 Å². The second kappa shape index (κ2) is 7.72. The molecule has 0 aliphatic heterocycles. The molecule has 0 aromatic heterocycles. The Bertz CT molecular complexity index is 811. The fourth-order valence-electron chi connectivity index (χ4n) is 2.09. The fourth-order valence-corrected chi connectivity index (χ4v) is 3.40. The summed E-state index contributed by atoms with van der Waals surface area (Å²) in [6.45, 7) is 1.88. The quantitative estimate of drug-likeness (QED) is 0.577. The van der Waals surface area contributed by atoms with Gasteiger partial charge >= 0.3 is 5.97 Å². The number of hydrogen-bond acceptors (Lipinski definition) is 4. The monoisotopic (exact) mass is 406 g/mol. The third-order valence-electron chi connectivity index (χ3n) is 3.22. The van der Waals surface area contributed by atoms with Crippen molar-refractivity contribution < 1.29 is 18.7 Å². The highest BCUT2D eigenvalue weighted by Gasteiger charge is 2.24. The summed E-state index contributed by atoms with van der Waals surface area (Å²) in [5.41, 5.74) is 1.25. The highest BCUT2D eigenvalue weighted by Crippen LogP contribution is 2.41. The number of carboxylic acids is 1. The van der Waals surface area contributed by atoms with Crippen LogP contribution >= 0.6 is 34.8 Å². The molecule has 0 fully saturated rings. The minimum atomic E-state index is -2.45. The Hall–Kier alpha value is -1.31. The Labute approximate surface area is 156 Å². The molecule has 0 radical (unpaired) electrons. The topological polar surface area (TPSA) is 80.7 Å². The number of hydrogen-bond donors (Lipinski definition) is 1. The zero-order chi connectivity index (χ0) is 18.0. The lowest BCUT2D eigenvalue weighted by Crippen LogP contribution is -2.23. The number of rotatable bonds is 5. The van der Waals surface area contributed by atoms with Crippen LogP contribution in [0, 0.1) is 6.92 Å². The molecule has 0 bridgehead atoms. The molecule has 9 heteroatoms. The van der Waals surface area contributed by atoms with Gasteiger partial charge in [-0.2, -0.15) is 0 Å². The van der Waals surface area contributed by atoms with Crippen molar-refractivity contribution in [2.24, 2.45) is 0 Å². The SMILES string of the molecule is Cc1ccc(N(CS(=O)[O-])c2cc(Cl)c(Cl)c(C(=O)O)c2Cl)cc1. The van der Waals surface area contributed by atoms with Gasteiger partial charge in [0.05, 0.1) is 26.6 Å². The van der Waals surface area contributed by atoms with Crippen molar-refractivity contribution in [3.63, 3.8) is 0 Å². The molecule has 0 aliphatic rings. The van der Waals surface area contributed by atoms with Gasteiger partial charge in [-0.3, -0.25) is 4.21 Å². The van der Waals surface area contributed by atoms with Crippen LogP contribution in [0.3, 0.4) is 0 Å². The fraction of sp³-hybridized carbons (Fsp3) is 0.133. The third kappa shape index (κ3) is 4.02. The maximum Gasteiger partial charge on any atom is 0.338 e. The van der Waals surface area contributed by atoms with Crippen LogP contribution in [0.15, 0.2) is 30.3 Å². The van der Waals surface area contributed by atoms with E-state index in [9.17, 15) is 18.7 Å². The van der Waals surface area contributed by atoms with Gasteiger partial charge in [0.2, 0.25) is 0 Å². The molecule has 0 heterocycles. The molecule has 0 amide bonds. The van der Waals surface area contributed by atoms with E-state index in [1.165, 1.54) is 11.0 Å². The summed E-state index contributed by atoms with van der Waals surface area (Å²) in [6.07, 6.45) is 0. The highest BCUT2D eigenvalue weighted by molar-refractivity contribution is 7.79. The molecule has 24 heavy (non-hydrogen) atoms. The van der Waals surface area contributed by atoms with E-state index in [0.717, 1.165) is 5.56 Å². The molecule has 1 atom stereocenters. The van der Waals surface area contributed by atoms with Gasteiger partial charge < -0.3 is 14.6 Å². The number of aromatic carboxylic acids is 1. The van der Waals surface area contributed by atoms with Gasteiger partial charge in [-0.05, 0) is 36.2 Å². The van der Waals surface area contributed by atoms with Crippen LogP contribution in [-0.2, 0) is 11.1 Å². The number of carboxylic acid groups (broad SMARTS) is 1. The molecule has 2 rings (SSSR count). The summed E-state index contributed by atoms with van der Waals surface area (Å²) in [4.78, 5) is 12.8. The number of halogens is 3. The second-order valence-electron chi connectivity index (χ2n) is 4.88. The zero-order valence-corrected chi connectivity index (χ0v) is 15.3. The average molecular weight is 408 g/mol. The average Bonchev–Trinajstić information content (AvgIpc) is 2.49. The predicted octanol–water partition coefficient (Wildman–Crippen LogP) is 4.63. The highest BCUT2D eigenvalue weighted by atomic mass is 35.5. The van der Waals surface area contributed by atoms with Crippen LogP contribution in [0.5, 0.6) is 0 Å². The number of benzene rings is 2. The maximum atomic E-state index is 11.4. The molecule has 0 aliphatic carbocycles. The van der Waals surface area contributed by atoms with Crippen LogP contribution in [0.25, 0.3) is 0 Å². The Morgan fingerprint density at radius 1 is 1.21 bits per heavy atom. The van der Waals surface area contributed by atoms with E-state index in [1.54, 1.807) is 24.3 Å². The summed E-state index contributed by atoms with van der Waals surface area (Å²) >= 11 is 15.6. The zero-order valence-electron chi connectivity index (χ0n) is 12.3. The molecule has 0 saturated heterocycles. The molecule has 2 aromatic carbocycles. The Morgan fingerprint density at radius 2 is 1.79 bits per heavy atom. The van der Waals surface area contributed by atoms with E-state index in [-0.39, 0.29) is 26.3 Å². The summed E-state index contributed by atoms with van der Waals surface area (Å²) in [5.74, 6) is -1.79. The first-order chi connectivity index (χ1) is 11.2. The van der Waals surface area contributed by atoms with Gasteiger partial charge in [-0.25, -0.2) is 4.79 Å². The van der Waals surface area contributed by atoms with E-state index in [2.05, 4.69) is 0 Å². The third-order valence-corrected chi connectivity index (χ3v) is 4.86. The van der Waals surface area contributed by atoms with Crippen molar-refractivity contribution in [1.29, 1.82) is 0 Å². The van der Waals surface area contributed by atoms with E-state index < -0.39 is 22.9 Å². The first-order valence-electron chi connectivity index (χ1n) is 6.53. The number of anilines is 2. The number of carbonyl (C=O) groups is 1. The standard InChI is InChI=1S/C15H12Cl3NO4S/c1-8-2-4-9(5-3-8)19(7-24(22)23)11-6-10(16)13(17)12(14(11)18)15(20)21/h2-6H,7H2,1H3,(H,20,21)(H,22,23)/p-1. The van der Waals surface area contributed by atoms with Crippen molar-refractivity contribution in [2.75, 3.05) is 10.8 Å². The summed E-state index contributed by atoms with van der Waals surface area (Å²) in [7, 11) is 0. The molecule has 1 unspecified atom stereocenters. The van der Waals surface area contributed by atoms with Gasteiger partial charge in [0, 0.05) is 5.69 Å². The maximum absolute atomic E-state index is 11.4. The van der Waals surface area contributed by atoms with Crippen LogP contribution in [0.2, 0.25) is 15.1 Å². The van der Waals surface area contributed by atoms with Crippen LogP contribution < -0.4 is 4.90 Å². The summed E-state index contributed by atoms with van der Waals surface area (Å²) in [6, 6.07) is 8.31. The van der Waals surface area contributed by atoms with Crippen molar-refractivity contribution >= 4 is 63.2 Å². The van der Waals surface area contributed by atoms with E-state index in [1.807, 2.05) is 6.92 Å². The van der Waals surface area contributed by atoms with Crippen molar-refractivity contribution in [3.05, 3.63) is 56.5 Å². The molecule has 0 spiro atoms.